The summed E-state index contributed by atoms with van der Waals surface area (Å²) in [6.45, 7) is 0. The predicted molar refractivity (Wildman–Crippen MR) is 79.9 cm³/mol. The highest BCUT2D eigenvalue weighted by atomic mass is 79.9. The maximum atomic E-state index is 5.90. The van der Waals surface area contributed by atoms with Gasteiger partial charge in [0.2, 0.25) is 6.35 Å². The Morgan fingerprint density at radius 1 is 0.833 bits per heavy atom. The number of rotatable bonds is 2. The minimum atomic E-state index is -0.266. The fourth-order valence-corrected chi connectivity index (χ4v) is 3.01. The number of ether oxygens (including phenoxy) is 1. The van der Waals surface area contributed by atoms with E-state index < -0.39 is 0 Å². The molecule has 2 aromatic rings. The summed E-state index contributed by atoms with van der Waals surface area (Å²) >= 11 is 6.96. The number of hydrogen-bond donors (Lipinski definition) is 2. The summed E-state index contributed by atoms with van der Waals surface area (Å²) in [5.74, 6) is 0.773. The molecule has 0 aromatic heterocycles. The van der Waals surface area contributed by atoms with Gasteiger partial charge in [0, 0.05) is 0 Å². The van der Waals surface area contributed by atoms with Crippen molar-refractivity contribution in [1.29, 1.82) is 0 Å². The first kappa shape index (κ1) is 11.9. The van der Waals surface area contributed by atoms with Gasteiger partial charge in [0.15, 0.2) is 5.75 Å². The van der Waals surface area contributed by atoms with Crippen LogP contribution in [0, 0.1) is 0 Å². The van der Waals surface area contributed by atoms with E-state index in [4.69, 9.17) is 4.74 Å². The molecule has 5 heteroatoms. The van der Waals surface area contributed by atoms with Crippen LogP contribution in [0.3, 0.4) is 0 Å². The maximum Gasteiger partial charge on any atom is 0.248 e. The lowest BCUT2D eigenvalue weighted by Gasteiger charge is -2.17. The second-order valence-electron chi connectivity index (χ2n) is 3.88. The zero-order valence-corrected chi connectivity index (χ0v) is 12.5. The van der Waals surface area contributed by atoms with Crippen LogP contribution < -0.4 is 15.4 Å². The van der Waals surface area contributed by atoms with E-state index in [2.05, 4.69) is 42.5 Å². The molecule has 0 unspecified atom stereocenters. The van der Waals surface area contributed by atoms with Gasteiger partial charge in [-0.05, 0) is 56.1 Å². The van der Waals surface area contributed by atoms with E-state index in [1.54, 1.807) is 0 Å². The Morgan fingerprint density at radius 3 is 1.94 bits per heavy atom. The van der Waals surface area contributed by atoms with Gasteiger partial charge >= 0.3 is 0 Å². The highest BCUT2D eigenvalue weighted by molar-refractivity contribution is 9.11. The van der Waals surface area contributed by atoms with Crippen LogP contribution in [0.2, 0.25) is 0 Å². The van der Waals surface area contributed by atoms with Crippen LogP contribution in [-0.4, -0.2) is 6.35 Å². The van der Waals surface area contributed by atoms with Gasteiger partial charge in [-0.2, -0.15) is 0 Å². The van der Waals surface area contributed by atoms with Crippen LogP contribution in [0.5, 0.6) is 5.75 Å². The molecule has 0 bridgehead atoms. The van der Waals surface area contributed by atoms with Gasteiger partial charge < -0.3 is 15.4 Å². The van der Waals surface area contributed by atoms with Gasteiger partial charge in [-0.3, -0.25) is 0 Å². The van der Waals surface area contributed by atoms with Gasteiger partial charge in [-0.25, -0.2) is 0 Å². The summed E-state index contributed by atoms with van der Waals surface area (Å²) in [5, 5.41) is 6.52. The molecule has 0 aliphatic carbocycles. The Bertz CT molecular complexity index is 544. The summed E-state index contributed by atoms with van der Waals surface area (Å²) in [6.07, 6.45) is -0.266. The third-order valence-electron chi connectivity index (χ3n) is 2.65. The molecule has 0 spiro atoms. The van der Waals surface area contributed by atoms with Crippen molar-refractivity contribution in [2.75, 3.05) is 10.6 Å². The van der Waals surface area contributed by atoms with Crippen LogP contribution in [0.1, 0.15) is 0 Å². The van der Waals surface area contributed by atoms with E-state index in [0.29, 0.717) is 0 Å². The van der Waals surface area contributed by atoms with E-state index in [1.165, 1.54) is 0 Å². The lowest BCUT2D eigenvalue weighted by atomic mass is 10.3. The molecular weight excluding hydrogens is 360 g/mol. The third-order valence-corrected chi connectivity index (χ3v) is 3.90. The van der Waals surface area contributed by atoms with Crippen LogP contribution in [0.25, 0.3) is 0 Å². The summed E-state index contributed by atoms with van der Waals surface area (Å²) in [5.41, 5.74) is 2.09. The quantitative estimate of drug-likeness (QED) is 0.822. The maximum absolute atomic E-state index is 5.90. The monoisotopic (exact) mass is 368 g/mol. The van der Waals surface area contributed by atoms with E-state index >= 15 is 0 Å². The third kappa shape index (κ3) is 2.20. The number of nitrogens with one attached hydrogen (secondary N) is 2. The second-order valence-corrected chi connectivity index (χ2v) is 5.59. The largest absolute Gasteiger partial charge is 0.450 e. The van der Waals surface area contributed by atoms with Gasteiger partial charge in [0.05, 0.1) is 20.3 Å². The summed E-state index contributed by atoms with van der Waals surface area (Å²) in [7, 11) is 0. The number of hydrogen-bond acceptors (Lipinski definition) is 3. The first-order chi connectivity index (χ1) is 8.74. The number of para-hydroxylation sites is 3. The average Bonchev–Trinajstić information content (AvgIpc) is 2.76. The first-order valence-electron chi connectivity index (χ1n) is 5.47. The van der Waals surface area contributed by atoms with Crippen LogP contribution >= 0.6 is 31.9 Å². The number of fused-ring (bicyclic) bond motifs is 1. The highest BCUT2D eigenvalue weighted by Gasteiger charge is 2.21. The van der Waals surface area contributed by atoms with Crippen molar-refractivity contribution in [3.8, 4) is 5.75 Å². The van der Waals surface area contributed by atoms with Crippen LogP contribution in [-0.2, 0) is 0 Å². The zero-order valence-electron chi connectivity index (χ0n) is 9.28. The van der Waals surface area contributed by atoms with Gasteiger partial charge in [0.25, 0.3) is 0 Å². The summed E-state index contributed by atoms with van der Waals surface area (Å²) < 4.78 is 7.73. The number of benzene rings is 2. The van der Waals surface area contributed by atoms with Gasteiger partial charge in [-0.1, -0.05) is 18.2 Å². The zero-order chi connectivity index (χ0) is 12.5. The molecule has 1 heterocycles. The molecule has 3 nitrogen and oxygen atoms in total. The Labute approximate surface area is 122 Å². The molecule has 1 aliphatic rings. The normalized spacial score (nSPS) is 13.7. The number of anilines is 2. The summed E-state index contributed by atoms with van der Waals surface area (Å²) in [4.78, 5) is 0. The van der Waals surface area contributed by atoms with E-state index in [9.17, 15) is 0 Å². The van der Waals surface area contributed by atoms with E-state index in [-0.39, 0.29) is 6.35 Å². The lowest BCUT2D eigenvalue weighted by Crippen LogP contribution is -2.29. The fourth-order valence-electron chi connectivity index (χ4n) is 1.83. The average molecular weight is 370 g/mol. The van der Waals surface area contributed by atoms with Crippen molar-refractivity contribution < 1.29 is 4.74 Å². The van der Waals surface area contributed by atoms with E-state index in [1.807, 2.05) is 42.5 Å². The van der Waals surface area contributed by atoms with Gasteiger partial charge in [0.1, 0.15) is 0 Å². The Hall–Kier alpha value is -1.20. The minimum Gasteiger partial charge on any atom is -0.450 e. The van der Waals surface area contributed by atoms with Crippen molar-refractivity contribution >= 4 is 43.2 Å². The lowest BCUT2D eigenvalue weighted by molar-refractivity contribution is 0.260. The fraction of sp³-hybridized carbons (Fsp3) is 0.0769. The molecule has 92 valence electrons. The second kappa shape index (κ2) is 4.82. The number of halogens is 2. The van der Waals surface area contributed by atoms with Crippen molar-refractivity contribution in [2.45, 2.75) is 6.35 Å². The standard InChI is InChI=1S/C13H10Br2N2O/c14-8-4-3-5-9(15)12(8)18-13-16-10-6-1-2-7-11(10)17-13/h1-7,13,16-17H. The first-order valence-corrected chi connectivity index (χ1v) is 7.05. The van der Waals surface area contributed by atoms with Crippen LogP contribution in [0.4, 0.5) is 11.4 Å². The SMILES string of the molecule is Brc1cccc(Br)c1OC1Nc2ccccc2N1. The van der Waals surface area contributed by atoms with Crippen molar-refractivity contribution in [2.24, 2.45) is 0 Å². The van der Waals surface area contributed by atoms with Crippen molar-refractivity contribution in [1.82, 2.24) is 0 Å². The molecule has 0 atom stereocenters. The molecule has 0 radical (unpaired) electrons. The Balaban J connectivity index is 1.80. The van der Waals surface area contributed by atoms with Crippen LogP contribution in [0.15, 0.2) is 51.4 Å². The minimum absolute atomic E-state index is 0.266. The molecule has 1 aliphatic heterocycles. The highest BCUT2D eigenvalue weighted by Crippen LogP contribution is 2.36. The topological polar surface area (TPSA) is 33.3 Å². The molecule has 0 fully saturated rings. The molecule has 3 rings (SSSR count). The Morgan fingerprint density at radius 2 is 1.39 bits per heavy atom. The molecule has 18 heavy (non-hydrogen) atoms. The predicted octanol–water partition coefficient (Wildman–Crippen LogP) is 4.41. The molecular formula is C13H10Br2N2O. The molecule has 2 N–H and O–H groups in total. The van der Waals surface area contributed by atoms with Crippen molar-refractivity contribution in [3.05, 3.63) is 51.4 Å². The van der Waals surface area contributed by atoms with E-state index in [0.717, 1.165) is 26.1 Å². The van der Waals surface area contributed by atoms with Gasteiger partial charge in [-0.15, -0.1) is 0 Å². The molecule has 0 saturated carbocycles. The van der Waals surface area contributed by atoms with Crippen molar-refractivity contribution in [3.63, 3.8) is 0 Å². The molecule has 2 aromatic carbocycles. The smallest absolute Gasteiger partial charge is 0.248 e. The summed E-state index contributed by atoms with van der Waals surface area (Å²) in [6, 6.07) is 13.9. The Kier molecular flexibility index (Phi) is 3.18. The molecule has 0 saturated heterocycles. The molecule has 0 amide bonds.